The van der Waals surface area contributed by atoms with Gasteiger partial charge in [-0.25, -0.2) is 4.98 Å². The van der Waals surface area contributed by atoms with E-state index in [4.69, 9.17) is 14.5 Å². The van der Waals surface area contributed by atoms with Gasteiger partial charge in [0.05, 0.1) is 18.2 Å². The van der Waals surface area contributed by atoms with E-state index in [0.29, 0.717) is 19.1 Å². The minimum absolute atomic E-state index is 0.161. The summed E-state index contributed by atoms with van der Waals surface area (Å²) in [5.41, 5.74) is 3.14. The van der Waals surface area contributed by atoms with Crippen molar-refractivity contribution in [2.24, 2.45) is 0 Å². The molecule has 3 heterocycles. The average molecular weight is 437 g/mol. The number of carbonyl (C=O) groups is 1. The second kappa shape index (κ2) is 7.76. The lowest BCUT2D eigenvalue weighted by Crippen LogP contribution is -2.36. The number of fused-ring (bicyclic) bond motifs is 1. The van der Waals surface area contributed by atoms with E-state index in [1.54, 1.807) is 18.3 Å². The highest BCUT2D eigenvalue weighted by molar-refractivity contribution is 9.10. The van der Waals surface area contributed by atoms with Gasteiger partial charge in [0.25, 0.3) is 0 Å². The summed E-state index contributed by atoms with van der Waals surface area (Å²) < 4.78 is 13.0. The minimum Gasteiger partial charge on any atom is -0.343 e. The molecule has 0 radical (unpaired) electrons. The number of ether oxygens (including phenoxy) is 2. The van der Waals surface area contributed by atoms with Crippen LogP contribution in [0.4, 0.5) is 0 Å². The normalized spacial score (nSPS) is 21.3. The number of hydrogen-bond acceptors (Lipinski definition) is 5. The van der Waals surface area contributed by atoms with E-state index in [1.165, 1.54) is 0 Å². The van der Waals surface area contributed by atoms with Gasteiger partial charge in [0, 0.05) is 35.8 Å². The Morgan fingerprint density at radius 1 is 1.27 bits per heavy atom. The molecule has 1 atom stereocenters. The van der Waals surface area contributed by atoms with Crippen LogP contribution in [-0.4, -0.2) is 28.9 Å². The van der Waals surface area contributed by atoms with Crippen LogP contribution in [0.3, 0.4) is 0 Å². The smallest absolute Gasteiger partial charge is 0.219 e. The fraction of sp³-hybridized carbons (Fsp3) is 0.474. The second-order valence-corrected chi connectivity index (χ2v) is 8.47. The molecule has 0 spiro atoms. The molecule has 0 aliphatic carbocycles. The van der Waals surface area contributed by atoms with Crippen LogP contribution in [0.1, 0.15) is 53.8 Å². The molecule has 7 heteroatoms. The zero-order valence-corrected chi connectivity index (χ0v) is 17.0. The summed E-state index contributed by atoms with van der Waals surface area (Å²) in [7, 11) is 0. The van der Waals surface area contributed by atoms with Crippen LogP contribution in [0.15, 0.2) is 28.1 Å². The van der Waals surface area contributed by atoms with Crippen molar-refractivity contribution >= 4 is 33.2 Å². The summed E-state index contributed by atoms with van der Waals surface area (Å²) >= 11 is 5.26. The van der Waals surface area contributed by atoms with Gasteiger partial charge in [0.1, 0.15) is 5.69 Å². The first-order chi connectivity index (χ1) is 12.6. The van der Waals surface area contributed by atoms with Crippen LogP contribution >= 0.6 is 27.3 Å². The molecule has 0 bridgehead atoms. The Kier molecular flexibility index (Phi) is 5.40. The standard InChI is InChI=1S/C19H21BrN2O3S/c1-12(23)22-7-5-13(6-8-22)18-21-17(11-26-18)19-24-9-14-3-2-4-16(20)15(14)10-25-19/h2-4,11,13,19H,5-10H2,1H3. The quantitative estimate of drug-likeness (QED) is 0.700. The first kappa shape index (κ1) is 18.1. The van der Waals surface area contributed by atoms with Crippen LogP contribution in [0, 0.1) is 0 Å². The Morgan fingerprint density at radius 2 is 2.04 bits per heavy atom. The van der Waals surface area contributed by atoms with Crippen LogP contribution in [-0.2, 0) is 27.5 Å². The van der Waals surface area contributed by atoms with Crippen molar-refractivity contribution in [3.05, 3.63) is 49.9 Å². The number of aromatic nitrogens is 1. The molecule has 2 aromatic rings. The summed E-state index contributed by atoms with van der Waals surface area (Å²) in [6, 6.07) is 6.11. The number of halogens is 1. The zero-order valence-electron chi connectivity index (χ0n) is 14.6. The largest absolute Gasteiger partial charge is 0.343 e. The van der Waals surface area contributed by atoms with Gasteiger partial charge in [-0.2, -0.15) is 0 Å². The van der Waals surface area contributed by atoms with Crippen molar-refractivity contribution in [3.8, 4) is 0 Å². The third-order valence-corrected chi connectivity index (χ3v) is 6.82. The maximum Gasteiger partial charge on any atom is 0.219 e. The van der Waals surface area contributed by atoms with E-state index in [2.05, 4.69) is 22.0 Å². The number of benzene rings is 1. The van der Waals surface area contributed by atoms with E-state index in [9.17, 15) is 4.79 Å². The molecular formula is C19H21BrN2O3S. The van der Waals surface area contributed by atoms with E-state index in [-0.39, 0.29) is 5.91 Å². The monoisotopic (exact) mass is 436 g/mol. The Labute approximate surface area is 165 Å². The first-order valence-electron chi connectivity index (χ1n) is 8.82. The predicted molar refractivity (Wildman–Crippen MR) is 103 cm³/mol. The maximum absolute atomic E-state index is 11.5. The molecule has 4 rings (SSSR count). The minimum atomic E-state index is -0.434. The lowest BCUT2D eigenvalue weighted by Gasteiger charge is -2.30. The van der Waals surface area contributed by atoms with E-state index in [1.807, 2.05) is 22.4 Å². The number of carbonyl (C=O) groups excluding carboxylic acids is 1. The van der Waals surface area contributed by atoms with Crippen molar-refractivity contribution in [2.75, 3.05) is 13.1 Å². The Balaban J connectivity index is 1.43. The molecular weight excluding hydrogens is 416 g/mol. The van der Waals surface area contributed by atoms with Crippen LogP contribution in [0.5, 0.6) is 0 Å². The van der Waals surface area contributed by atoms with E-state index < -0.39 is 6.29 Å². The van der Waals surface area contributed by atoms with Gasteiger partial charge >= 0.3 is 0 Å². The highest BCUT2D eigenvalue weighted by Crippen LogP contribution is 2.35. The van der Waals surface area contributed by atoms with Crippen LogP contribution in [0.2, 0.25) is 0 Å². The average Bonchev–Trinajstić information content (AvgIpc) is 3.03. The van der Waals surface area contributed by atoms with Crippen LogP contribution in [0.25, 0.3) is 0 Å². The number of rotatable bonds is 2. The number of thiazole rings is 1. The van der Waals surface area contributed by atoms with Gasteiger partial charge in [0.2, 0.25) is 12.2 Å². The molecule has 0 N–H and O–H groups in total. The Bertz CT molecular complexity index is 802. The Morgan fingerprint density at radius 3 is 2.81 bits per heavy atom. The van der Waals surface area contributed by atoms with Crippen LogP contribution < -0.4 is 0 Å². The molecule has 2 aliphatic heterocycles. The van der Waals surface area contributed by atoms with Gasteiger partial charge in [0.15, 0.2) is 0 Å². The predicted octanol–water partition coefficient (Wildman–Crippen LogP) is 4.38. The summed E-state index contributed by atoms with van der Waals surface area (Å²) in [4.78, 5) is 18.2. The third-order valence-electron chi connectivity index (χ3n) is 5.06. The van der Waals surface area contributed by atoms with Gasteiger partial charge in [-0.1, -0.05) is 28.1 Å². The lowest BCUT2D eigenvalue weighted by atomic mass is 9.97. The van der Waals surface area contributed by atoms with Gasteiger partial charge in [-0.3, -0.25) is 4.79 Å². The molecule has 1 amide bonds. The fourth-order valence-corrected chi connectivity index (χ4v) is 4.99. The first-order valence-corrected chi connectivity index (χ1v) is 10.5. The second-order valence-electron chi connectivity index (χ2n) is 6.72. The molecule has 2 aliphatic rings. The highest BCUT2D eigenvalue weighted by Gasteiger charge is 2.27. The van der Waals surface area contributed by atoms with Crippen molar-refractivity contribution in [2.45, 2.75) is 45.2 Å². The number of hydrogen-bond donors (Lipinski definition) is 0. The van der Waals surface area contributed by atoms with Crippen molar-refractivity contribution in [3.63, 3.8) is 0 Å². The SMILES string of the molecule is CC(=O)N1CCC(c2nc(C3OCc4cccc(Br)c4CO3)cs2)CC1. The summed E-state index contributed by atoms with van der Waals surface area (Å²) in [6.45, 7) is 4.29. The zero-order chi connectivity index (χ0) is 18.1. The van der Waals surface area contributed by atoms with Gasteiger partial charge in [-0.05, 0) is 30.0 Å². The van der Waals surface area contributed by atoms with Crippen molar-refractivity contribution in [1.29, 1.82) is 0 Å². The molecule has 26 heavy (non-hydrogen) atoms. The fourth-order valence-electron chi connectivity index (χ4n) is 3.48. The molecule has 138 valence electrons. The van der Waals surface area contributed by atoms with Gasteiger partial charge < -0.3 is 14.4 Å². The summed E-state index contributed by atoms with van der Waals surface area (Å²) in [5, 5.41) is 3.17. The third kappa shape index (κ3) is 3.71. The van der Waals surface area contributed by atoms with E-state index in [0.717, 1.165) is 52.2 Å². The molecule has 5 nitrogen and oxygen atoms in total. The number of likely N-dealkylation sites (tertiary alicyclic amines) is 1. The summed E-state index contributed by atoms with van der Waals surface area (Å²) in [6.07, 6.45) is 1.51. The molecule has 1 unspecified atom stereocenters. The molecule has 1 aromatic carbocycles. The number of amides is 1. The topological polar surface area (TPSA) is 51.7 Å². The summed E-state index contributed by atoms with van der Waals surface area (Å²) in [5.74, 6) is 0.579. The lowest BCUT2D eigenvalue weighted by molar-refractivity contribution is -0.155. The molecule has 1 aromatic heterocycles. The number of piperidine rings is 1. The Hall–Kier alpha value is -1.28. The molecule has 0 saturated carbocycles. The van der Waals surface area contributed by atoms with Gasteiger partial charge in [-0.15, -0.1) is 11.3 Å². The maximum atomic E-state index is 11.5. The number of nitrogens with zero attached hydrogens (tertiary/aromatic N) is 2. The molecule has 1 fully saturated rings. The highest BCUT2D eigenvalue weighted by atomic mass is 79.9. The van der Waals surface area contributed by atoms with E-state index >= 15 is 0 Å². The van der Waals surface area contributed by atoms with Crippen molar-refractivity contribution in [1.82, 2.24) is 9.88 Å². The van der Waals surface area contributed by atoms with Crippen molar-refractivity contribution < 1.29 is 14.3 Å². The molecule has 1 saturated heterocycles.